The summed E-state index contributed by atoms with van der Waals surface area (Å²) in [4.78, 5) is 7.45. The van der Waals surface area contributed by atoms with Gasteiger partial charge in [-0.2, -0.15) is 0 Å². The Kier molecular flexibility index (Phi) is 4.01. The molecule has 0 atom stereocenters. The fourth-order valence-corrected chi connectivity index (χ4v) is 3.87. The van der Waals surface area contributed by atoms with Gasteiger partial charge in [0.1, 0.15) is 5.82 Å². The molecule has 0 saturated heterocycles. The van der Waals surface area contributed by atoms with Crippen LogP contribution in [0.2, 0.25) is 0 Å². The smallest absolute Gasteiger partial charge is 0.259 e. The van der Waals surface area contributed by atoms with E-state index in [1.807, 2.05) is 19.9 Å². The largest absolute Gasteiger partial charge is 0.358 e. The predicted molar refractivity (Wildman–Crippen MR) is 94.5 cm³/mol. The molecule has 0 saturated carbocycles. The molecule has 2 aromatic heterocycles. The number of hydrogen-bond donors (Lipinski definition) is 2. The number of fused-ring (bicyclic) bond motifs is 1. The van der Waals surface area contributed by atoms with Crippen LogP contribution in [0, 0.1) is 27.7 Å². The van der Waals surface area contributed by atoms with Gasteiger partial charge in [-0.15, -0.1) is 0 Å². The predicted octanol–water partition coefficient (Wildman–Crippen LogP) is 2.61. The Labute approximate surface area is 142 Å². The van der Waals surface area contributed by atoms with E-state index in [0.717, 1.165) is 27.7 Å². The van der Waals surface area contributed by atoms with Gasteiger partial charge in [0.25, 0.3) is 10.0 Å². The summed E-state index contributed by atoms with van der Waals surface area (Å²) < 4.78 is 29.3. The Morgan fingerprint density at radius 2 is 1.92 bits per heavy atom. The van der Waals surface area contributed by atoms with E-state index in [9.17, 15) is 8.42 Å². The van der Waals surface area contributed by atoms with Gasteiger partial charge >= 0.3 is 0 Å². The van der Waals surface area contributed by atoms with Crippen molar-refractivity contribution in [2.75, 3.05) is 0 Å². The van der Waals surface area contributed by atoms with Gasteiger partial charge in [0.2, 0.25) is 0 Å². The van der Waals surface area contributed by atoms with Crippen LogP contribution < -0.4 is 4.72 Å². The second kappa shape index (κ2) is 5.75. The Morgan fingerprint density at radius 1 is 1.21 bits per heavy atom. The zero-order valence-corrected chi connectivity index (χ0v) is 15.4. The lowest BCUT2D eigenvalue weighted by atomic mass is 10.1. The Hall–Kier alpha value is -2.12. The summed E-state index contributed by atoms with van der Waals surface area (Å²) in [5.74, 6) is 0.656. The van der Waals surface area contributed by atoms with Crippen molar-refractivity contribution in [2.24, 2.45) is 7.05 Å². The molecule has 0 aliphatic carbocycles. The monoisotopic (exact) mass is 346 g/mol. The van der Waals surface area contributed by atoms with Crippen molar-refractivity contribution in [3.63, 3.8) is 0 Å². The summed E-state index contributed by atoms with van der Waals surface area (Å²) in [7, 11) is -1.87. The van der Waals surface area contributed by atoms with Crippen molar-refractivity contribution >= 4 is 20.9 Å². The first-order valence-corrected chi connectivity index (χ1v) is 9.25. The molecule has 0 bridgehead atoms. The summed E-state index contributed by atoms with van der Waals surface area (Å²) in [5, 5.41) is 1.18. The highest BCUT2D eigenvalue weighted by molar-refractivity contribution is 7.89. The van der Waals surface area contributed by atoms with Crippen LogP contribution in [0.4, 0.5) is 0 Å². The molecule has 3 aromatic rings. The first-order valence-electron chi connectivity index (χ1n) is 7.77. The van der Waals surface area contributed by atoms with Gasteiger partial charge in [-0.3, -0.25) is 0 Å². The molecule has 0 unspecified atom stereocenters. The number of nitrogens with one attached hydrogen (secondary N) is 2. The minimum absolute atomic E-state index is 0.0465. The van der Waals surface area contributed by atoms with Gasteiger partial charge in [0.05, 0.1) is 5.52 Å². The fraction of sp³-hybridized carbons (Fsp3) is 0.353. The second-order valence-corrected chi connectivity index (χ2v) is 8.00. The summed E-state index contributed by atoms with van der Waals surface area (Å²) in [5.41, 5.74) is 5.30. The number of rotatable bonds is 4. The topological polar surface area (TPSA) is 79.8 Å². The van der Waals surface area contributed by atoms with E-state index in [-0.39, 0.29) is 11.6 Å². The zero-order chi connectivity index (χ0) is 17.6. The van der Waals surface area contributed by atoms with E-state index in [1.165, 1.54) is 11.8 Å². The number of hydrogen-bond acceptors (Lipinski definition) is 3. The van der Waals surface area contributed by atoms with E-state index in [2.05, 4.69) is 27.7 Å². The van der Waals surface area contributed by atoms with Crippen molar-refractivity contribution in [3.8, 4) is 0 Å². The number of sulfonamides is 1. The molecule has 0 amide bonds. The Balaban J connectivity index is 1.94. The van der Waals surface area contributed by atoms with Crippen molar-refractivity contribution in [1.82, 2.24) is 19.3 Å². The van der Waals surface area contributed by atoms with Gasteiger partial charge in [0, 0.05) is 30.9 Å². The molecule has 2 N–H and O–H groups in total. The molecule has 0 spiro atoms. The molecule has 1 aromatic carbocycles. The number of aryl methyl sites for hydroxylation is 5. The SMILES string of the molecule is Cc1cc(CNS(=O)(=O)c2cn(C)c(C)n2)c2[nH]c(C)c(C)c2c1. The van der Waals surface area contributed by atoms with Crippen LogP contribution in [0.3, 0.4) is 0 Å². The number of imidazole rings is 1. The maximum absolute atomic E-state index is 12.5. The van der Waals surface area contributed by atoms with Crippen LogP contribution in [-0.2, 0) is 23.6 Å². The van der Waals surface area contributed by atoms with Crippen LogP contribution in [0.5, 0.6) is 0 Å². The molecular weight excluding hydrogens is 324 g/mol. The fourth-order valence-electron chi connectivity index (χ4n) is 2.83. The van der Waals surface area contributed by atoms with E-state index in [1.54, 1.807) is 18.5 Å². The average molecular weight is 346 g/mol. The Bertz CT molecular complexity index is 1010. The van der Waals surface area contributed by atoms with Gasteiger partial charge < -0.3 is 9.55 Å². The Morgan fingerprint density at radius 3 is 2.54 bits per heavy atom. The second-order valence-electron chi connectivity index (χ2n) is 6.28. The van der Waals surface area contributed by atoms with Gasteiger partial charge in [-0.05, 0) is 44.9 Å². The highest BCUT2D eigenvalue weighted by Gasteiger charge is 2.19. The van der Waals surface area contributed by atoms with Crippen LogP contribution >= 0.6 is 0 Å². The molecule has 6 nitrogen and oxygen atoms in total. The standard InChI is InChI=1S/C17H22N4O2S/c1-10-6-14(17-15(7-10)11(2)12(3)19-17)8-18-24(22,23)16-9-21(5)13(4)20-16/h6-7,9,18-19H,8H2,1-5H3. The number of benzene rings is 1. The third kappa shape index (κ3) is 2.85. The van der Waals surface area contributed by atoms with Crippen LogP contribution in [0.25, 0.3) is 10.9 Å². The van der Waals surface area contributed by atoms with Crippen molar-refractivity contribution < 1.29 is 8.42 Å². The van der Waals surface area contributed by atoms with Gasteiger partial charge in [-0.1, -0.05) is 11.6 Å². The van der Waals surface area contributed by atoms with E-state index in [0.29, 0.717) is 5.82 Å². The molecule has 0 radical (unpaired) electrons. The molecule has 24 heavy (non-hydrogen) atoms. The van der Waals surface area contributed by atoms with Crippen LogP contribution in [0.1, 0.15) is 28.2 Å². The molecule has 2 heterocycles. The molecular formula is C17H22N4O2S. The molecule has 0 aliphatic heterocycles. The number of aromatic amines is 1. The quantitative estimate of drug-likeness (QED) is 0.762. The van der Waals surface area contributed by atoms with Crippen molar-refractivity contribution in [3.05, 3.63) is 46.5 Å². The van der Waals surface area contributed by atoms with Gasteiger partial charge in [-0.25, -0.2) is 18.1 Å². The first-order chi connectivity index (χ1) is 11.2. The zero-order valence-electron chi connectivity index (χ0n) is 14.6. The third-order valence-corrected chi connectivity index (χ3v) is 5.73. The van der Waals surface area contributed by atoms with E-state index in [4.69, 9.17) is 0 Å². The lowest BCUT2D eigenvalue weighted by molar-refractivity contribution is 0.578. The highest BCUT2D eigenvalue weighted by Crippen LogP contribution is 2.26. The highest BCUT2D eigenvalue weighted by atomic mass is 32.2. The van der Waals surface area contributed by atoms with Crippen LogP contribution in [0.15, 0.2) is 23.4 Å². The van der Waals surface area contributed by atoms with Crippen LogP contribution in [-0.4, -0.2) is 23.0 Å². The lowest BCUT2D eigenvalue weighted by Gasteiger charge is -2.07. The average Bonchev–Trinajstić information content (AvgIpc) is 2.99. The number of H-pyrrole nitrogens is 1. The number of aromatic nitrogens is 3. The molecule has 128 valence electrons. The summed E-state index contributed by atoms with van der Waals surface area (Å²) in [6.45, 7) is 8.10. The maximum atomic E-state index is 12.5. The maximum Gasteiger partial charge on any atom is 0.259 e. The lowest BCUT2D eigenvalue weighted by Crippen LogP contribution is -2.23. The third-order valence-electron chi connectivity index (χ3n) is 4.46. The summed E-state index contributed by atoms with van der Waals surface area (Å²) >= 11 is 0. The summed E-state index contributed by atoms with van der Waals surface area (Å²) in [6.07, 6.45) is 1.52. The normalized spacial score (nSPS) is 12.2. The van der Waals surface area contributed by atoms with E-state index >= 15 is 0 Å². The molecule has 3 rings (SSSR count). The van der Waals surface area contributed by atoms with Crippen molar-refractivity contribution in [2.45, 2.75) is 39.3 Å². The van der Waals surface area contributed by atoms with Gasteiger partial charge in [0.15, 0.2) is 5.03 Å². The molecule has 0 aliphatic rings. The molecule has 7 heteroatoms. The molecule has 0 fully saturated rings. The first kappa shape index (κ1) is 16.7. The number of nitrogens with zero attached hydrogens (tertiary/aromatic N) is 2. The van der Waals surface area contributed by atoms with E-state index < -0.39 is 10.0 Å². The van der Waals surface area contributed by atoms with Crippen molar-refractivity contribution in [1.29, 1.82) is 0 Å². The summed E-state index contributed by atoms with van der Waals surface area (Å²) in [6, 6.07) is 4.12. The minimum Gasteiger partial charge on any atom is -0.358 e. The minimum atomic E-state index is -3.64.